The third-order valence-electron chi connectivity index (χ3n) is 3.60. The van der Waals surface area contributed by atoms with E-state index in [1.54, 1.807) is 25.2 Å². The quantitative estimate of drug-likeness (QED) is 0.635. The number of nitrogens with two attached hydrogens (primary N) is 1. The largest absolute Gasteiger partial charge is 0.573 e. The number of anilines is 2. The van der Waals surface area contributed by atoms with E-state index in [0.717, 1.165) is 12.1 Å². The zero-order valence-electron chi connectivity index (χ0n) is 14.3. The summed E-state index contributed by atoms with van der Waals surface area (Å²) in [6.07, 6.45) is -4.80. The fourth-order valence-corrected chi connectivity index (χ4v) is 2.44. The Kier molecular flexibility index (Phi) is 5.14. The molecule has 0 aliphatic heterocycles. The van der Waals surface area contributed by atoms with Crippen LogP contribution in [0.2, 0.25) is 5.02 Å². The van der Waals surface area contributed by atoms with Crippen molar-refractivity contribution in [2.45, 2.75) is 6.36 Å². The highest BCUT2D eigenvalue weighted by Crippen LogP contribution is 2.26. The van der Waals surface area contributed by atoms with Gasteiger partial charge in [-0.3, -0.25) is 10.1 Å². The monoisotopic (exact) mass is 411 g/mol. The smallest absolute Gasteiger partial charge is 0.406 e. The van der Waals surface area contributed by atoms with Crippen molar-refractivity contribution in [3.8, 4) is 17.1 Å². The van der Waals surface area contributed by atoms with Crippen molar-refractivity contribution in [3.63, 3.8) is 0 Å². The Morgan fingerprint density at radius 2 is 1.89 bits per heavy atom. The summed E-state index contributed by atoms with van der Waals surface area (Å²) in [5.74, 6) is -0.543. The molecule has 7 nitrogen and oxygen atoms in total. The molecule has 28 heavy (non-hydrogen) atoms. The van der Waals surface area contributed by atoms with Crippen LogP contribution in [-0.4, -0.2) is 27.0 Å². The molecule has 0 atom stereocenters. The van der Waals surface area contributed by atoms with E-state index in [2.05, 4.69) is 20.1 Å². The van der Waals surface area contributed by atoms with E-state index in [1.165, 1.54) is 16.8 Å². The molecule has 0 spiro atoms. The Balaban J connectivity index is 1.75. The Bertz CT molecular complexity index is 1020. The van der Waals surface area contributed by atoms with Gasteiger partial charge in [0.25, 0.3) is 5.91 Å². The van der Waals surface area contributed by atoms with E-state index in [1.807, 2.05) is 0 Å². The first kappa shape index (κ1) is 19.5. The third kappa shape index (κ3) is 4.52. The van der Waals surface area contributed by atoms with E-state index in [-0.39, 0.29) is 11.5 Å². The van der Waals surface area contributed by atoms with Crippen molar-refractivity contribution in [3.05, 3.63) is 53.1 Å². The Morgan fingerprint density at radius 3 is 2.50 bits per heavy atom. The number of carbonyl (C=O) groups is 1. The molecule has 0 aliphatic rings. The Labute approximate surface area is 161 Å². The second-order valence-corrected chi connectivity index (χ2v) is 6.05. The lowest BCUT2D eigenvalue weighted by Crippen LogP contribution is -2.18. The molecule has 0 unspecified atom stereocenters. The highest BCUT2D eigenvalue weighted by Gasteiger charge is 2.31. The van der Waals surface area contributed by atoms with Gasteiger partial charge in [-0.25, -0.2) is 4.68 Å². The molecule has 3 N–H and O–H groups in total. The van der Waals surface area contributed by atoms with Crippen molar-refractivity contribution in [2.75, 3.05) is 11.1 Å². The molecule has 3 rings (SSSR count). The SMILES string of the molecule is Cn1nc(-c2ccc(N)c(Cl)c2)nc1NC(=O)c1ccc(OC(F)(F)F)cc1. The van der Waals surface area contributed by atoms with Gasteiger partial charge in [0, 0.05) is 18.2 Å². The maximum absolute atomic E-state index is 12.3. The number of hydrogen-bond donors (Lipinski definition) is 2. The van der Waals surface area contributed by atoms with Crippen LogP contribution in [0.1, 0.15) is 10.4 Å². The van der Waals surface area contributed by atoms with Gasteiger partial charge in [-0.2, -0.15) is 4.98 Å². The summed E-state index contributed by atoms with van der Waals surface area (Å²) < 4.78 is 41.7. The van der Waals surface area contributed by atoms with Gasteiger partial charge >= 0.3 is 6.36 Å². The normalized spacial score (nSPS) is 11.3. The Hall–Kier alpha value is -3.27. The van der Waals surface area contributed by atoms with Gasteiger partial charge in [-0.15, -0.1) is 18.3 Å². The number of nitrogens with one attached hydrogen (secondary N) is 1. The van der Waals surface area contributed by atoms with Crippen LogP contribution in [0.15, 0.2) is 42.5 Å². The first-order valence-electron chi connectivity index (χ1n) is 7.76. The highest BCUT2D eigenvalue weighted by atomic mass is 35.5. The topological polar surface area (TPSA) is 95.1 Å². The van der Waals surface area contributed by atoms with Crippen LogP contribution in [0.3, 0.4) is 0 Å². The summed E-state index contributed by atoms with van der Waals surface area (Å²) in [6, 6.07) is 9.37. The number of nitrogens with zero attached hydrogens (tertiary/aromatic N) is 3. The number of carbonyl (C=O) groups excluding carboxylic acids is 1. The van der Waals surface area contributed by atoms with E-state index >= 15 is 0 Å². The van der Waals surface area contributed by atoms with Crippen LogP contribution in [0.25, 0.3) is 11.4 Å². The maximum Gasteiger partial charge on any atom is 0.573 e. The summed E-state index contributed by atoms with van der Waals surface area (Å²) in [5, 5.41) is 7.08. The number of hydrogen-bond acceptors (Lipinski definition) is 5. The lowest BCUT2D eigenvalue weighted by Gasteiger charge is -2.09. The molecule has 1 heterocycles. The summed E-state index contributed by atoms with van der Waals surface area (Å²) in [7, 11) is 1.57. The predicted molar refractivity (Wildman–Crippen MR) is 96.9 cm³/mol. The minimum Gasteiger partial charge on any atom is -0.406 e. The van der Waals surface area contributed by atoms with Gasteiger partial charge in [-0.1, -0.05) is 11.6 Å². The van der Waals surface area contributed by atoms with Crippen LogP contribution in [-0.2, 0) is 7.05 Å². The summed E-state index contributed by atoms with van der Waals surface area (Å²) in [4.78, 5) is 16.5. The van der Waals surface area contributed by atoms with Gasteiger partial charge in [-0.05, 0) is 42.5 Å². The Morgan fingerprint density at radius 1 is 1.21 bits per heavy atom. The second kappa shape index (κ2) is 7.39. The van der Waals surface area contributed by atoms with Gasteiger partial charge < -0.3 is 10.5 Å². The first-order chi connectivity index (χ1) is 13.1. The van der Waals surface area contributed by atoms with Crippen LogP contribution >= 0.6 is 11.6 Å². The predicted octanol–water partition coefficient (Wildman–Crippen LogP) is 3.87. The molecule has 3 aromatic rings. The van der Waals surface area contributed by atoms with Gasteiger partial charge in [0.15, 0.2) is 5.82 Å². The van der Waals surface area contributed by atoms with E-state index in [9.17, 15) is 18.0 Å². The van der Waals surface area contributed by atoms with Crippen LogP contribution < -0.4 is 15.8 Å². The molecular formula is C17H13ClF3N5O2. The highest BCUT2D eigenvalue weighted by molar-refractivity contribution is 6.33. The molecule has 0 saturated carbocycles. The molecule has 0 radical (unpaired) electrons. The molecule has 0 aliphatic carbocycles. The first-order valence-corrected chi connectivity index (χ1v) is 8.14. The standard InChI is InChI=1S/C17H13ClF3N5O2/c1-26-16(23-14(25-26)10-4-7-13(22)12(18)8-10)24-15(27)9-2-5-11(6-3-9)28-17(19,20)21/h2-8H,22H2,1H3,(H,23,24,25,27). The second-order valence-electron chi connectivity index (χ2n) is 5.65. The summed E-state index contributed by atoms with van der Waals surface area (Å²) >= 11 is 5.99. The van der Waals surface area contributed by atoms with E-state index in [4.69, 9.17) is 17.3 Å². The molecule has 0 fully saturated rings. The van der Waals surface area contributed by atoms with Crippen molar-refractivity contribution >= 4 is 29.1 Å². The molecule has 0 saturated heterocycles. The molecular weight excluding hydrogens is 399 g/mol. The number of amides is 1. The fourth-order valence-electron chi connectivity index (χ4n) is 2.26. The molecule has 0 bridgehead atoms. The van der Waals surface area contributed by atoms with Crippen molar-refractivity contribution in [2.24, 2.45) is 7.05 Å². The number of benzene rings is 2. The zero-order valence-corrected chi connectivity index (χ0v) is 15.0. The van der Waals surface area contributed by atoms with Gasteiger partial charge in [0.2, 0.25) is 5.95 Å². The van der Waals surface area contributed by atoms with E-state index in [0.29, 0.717) is 22.1 Å². The van der Waals surface area contributed by atoms with Crippen molar-refractivity contribution < 1.29 is 22.7 Å². The average molecular weight is 412 g/mol. The van der Waals surface area contributed by atoms with Crippen molar-refractivity contribution in [1.29, 1.82) is 0 Å². The average Bonchev–Trinajstić information content (AvgIpc) is 2.97. The number of nitrogen functional groups attached to an aromatic ring is 1. The molecule has 2 aromatic carbocycles. The number of aromatic nitrogens is 3. The van der Waals surface area contributed by atoms with E-state index < -0.39 is 18.0 Å². The number of aryl methyl sites for hydroxylation is 1. The number of halogens is 4. The minimum atomic E-state index is -4.80. The number of alkyl halides is 3. The van der Waals surface area contributed by atoms with Crippen molar-refractivity contribution in [1.82, 2.24) is 14.8 Å². The number of ether oxygens (including phenoxy) is 1. The van der Waals surface area contributed by atoms with Gasteiger partial charge in [0.05, 0.1) is 10.7 Å². The summed E-state index contributed by atoms with van der Waals surface area (Å²) in [5.41, 5.74) is 6.80. The van der Waals surface area contributed by atoms with Gasteiger partial charge in [0.1, 0.15) is 5.75 Å². The molecule has 1 amide bonds. The lowest BCUT2D eigenvalue weighted by atomic mass is 10.2. The fraction of sp³-hybridized carbons (Fsp3) is 0.118. The minimum absolute atomic E-state index is 0.120. The van der Waals surface area contributed by atoms with Crippen LogP contribution in [0, 0.1) is 0 Å². The third-order valence-corrected chi connectivity index (χ3v) is 3.92. The van der Waals surface area contributed by atoms with Crippen LogP contribution in [0.5, 0.6) is 5.75 Å². The van der Waals surface area contributed by atoms with Crippen LogP contribution in [0.4, 0.5) is 24.8 Å². The maximum atomic E-state index is 12.3. The molecule has 11 heteroatoms. The number of rotatable bonds is 4. The molecule has 1 aromatic heterocycles. The molecule has 146 valence electrons. The lowest BCUT2D eigenvalue weighted by molar-refractivity contribution is -0.274. The zero-order chi connectivity index (χ0) is 20.5. The summed E-state index contributed by atoms with van der Waals surface area (Å²) in [6.45, 7) is 0.